The first-order valence-electron chi connectivity index (χ1n) is 8.22. The fourth-order valence-electron chi connectivity index (χ4n) is 2.98. The van der Waals surface area contributed by atoms with Gasteiger partial charge in [-0.05, 0) is 36.5 Å². The molecule has 0 amide bonds. The molecule has 0 aliphatic heterocycles. The second-order valence-electron chi connectivity index (χ2n) is 6.36. The lowest BCUT2D eigenvalue weighted by Crippen LogP contribution is -2.08. The van der Waals surface area contributed by atoms with Gasteiger partial charge in [0.2, 0.25) is 0 Å². The molecule has 0 unspecified atom stereocenters. The highest BCUT2D eigenvalue weighted by atomic mass is 15.1. The van der Waals surface area contributed by atoms with Crippen LogP contribution in [-0.2, 0) is 19.4 Å². The summed E-state index contributed by atoms with van der Waals surface area (Å²) in [7, 11) is 0. The van der Waals surface area contributed by atoms with Crippen LogP contribution in [0.25, 0.3) is 11.0 Å². The average molecular weight is 292 g/mol. The van der Waals surface area contributed by atoms with E-state index < -0.39 is 0 Å². The summed E-state index contributed by atoms with van der Waals surface area (Å²) in [5, 5.41) is 0. The first-order valence-corrected chi connectivity index (χ1v) is 8.22. The molecule has 114 valence electrons. The second kappa shape index (κ2) is 6.78. The Labute approximate surface area is 132 Å². The van der Waals surface area contributed by atoms with Gasteiger partial charge in [0.25, 0.3) is 0 Å². The van der Waals surface area contributed by atoms with E-state index in [1.54, 1.807) is 0 Å². The van der Waals surface area contributed by atoms with Gasteiger partial charge in [0.1, 0.15) is 5.82 Å². The van der Waals surface area contributed by atoms with Crippen molar-refractivity contribution in [3.05, 3.63) is 66.0 Å². The maximum Gasteiger partial charge on any atom is 0.110 e. The van der Waals surface area contributed by atoms with Crippen molar-refractivity contribution in [2.24, 2.45) is 5.92 Å². The van der Waals surface area contributed by atoms with Crippen molar-refractivity contribution < 1.29 is 0 Å². The summed E-state index contributed by atoms with van der Waals surface area (Å²) in [5.74, 6) is 1.86. The van der Waals surface area contributed by atoms with E-state index in [4.69, 9.17) is 4.98 Å². The van der Waals surface area contributed by atoms with Crippen molar-refractivity contribution in [2.75, 3.05) is 0 Å². The molecule has 2 nitrogen and oxygen atoms in total. The van der Waals surface area contributed by atoms with Crippen LogP contribution in [-0.4, -0.2) is 9.55 Å². The van der Waals surface area contributed by atoms with E-state index in [1.165, 1.54) is 16.9 Å². The number of hydrogen-bond acceptors (Lipinski definition) is 1. The van der Waals surface area contributed by atoms with E-state index in [0.29, 0.717) is 5.92 Å². The summed E-state index contributed by atoms with van der Waals surface area (Å²) >= 11 is 0. The maximum atomic E-state index is 4.84. The quantitative estimate of drug-likeness (QED) is 0.634. The third-order valence-electron chi connectivity index (χ3n) is 4.01. The van der Waals surface area contributed by atoms with E-state index in [1.807, 2.05) is 0 Å². The number of benzene rings is 2. The minimum atomic E-state index is 0.629. The summed E-state index contributed by atoms with van der Waals surface area (Å²) in [6, 6.07) is 19.2. The highest BCUT2D eigenvalue weighted by Gasteiger charge is 2.11. The number of fused-ring (bicyclic) bond motifs is 1. The van der Waals surface area contributed by atoms with Gasteiger partial charge in [0, 0.05) is 13.0 Å². The van der Waals surface area contributed by atoms with Gasteiger partial charge in [-0.2, -0.15) is 0 Å². The molecule has 0 atom stereocenters. The first kappa shape index (κ1) is 14.8. The number of para-hydroxylation sites is 2. The zero-order chi connectivity index (χ0) is 15.4. The number of imidazole rings is 1. The van der Waals surface area contributed by atoms with Crippen molar-refractivity contribution >= 4 is 11.0 Å². The average Bonchev–Trinajstić information content (AvgIpc) is 2.85. The highest BCUT2D eigenvalue weighted by molar-refractivity contribution is 5.75. The SMILES string of the molecule is CC(C)Cc1nc2ccccc2n1CCCc1ccccc1. The van der Waals surface area contributed by atoms with Gasteiger partial charge in [0.15, 0.2) is 0 Å². The summed E-state index contributed by atoms with van der Waals surface area (Å²) < 4.78 is 2.41. The molecule has 22 heavy (non-hydrogen) atoms. The summed E-state index contributed by atoms with van der Waals surface area (Å²) in [6.45, 7) is 5.55. The second-order valence-corrected chi connectivity index (χ2v) is 6.36. The number of hydrogen-bond donors (Lipinski definition) is 0. The molecule has 0 N–H and O–H groups in total. The number of rotatable bonds is 6. The zero-order valence-electron chi connectivity index (χ0n) is 13.5. The predicted molar refractivity (Wildman–Crippen MR) is 93.0 cm³/mol. The topological polar surface area (TPSA) is 17.8 Å². The van der Waals surface area contributed by atoms with Crippen LogP contribution in [0, 0.1) is 5.92 Å². The molecule has 0 fully saturated rings. The summed E-state index contributed by atoms with van der Waals surface area (Å²) in [6.07, 6.45) is 3.31. The molecule has 0 aliphatic carbocycles. The van der Waals surface area contributed by atoms with Gasteiger partial charge in [-0.1, -0.05) is 56.3 Å². The van der Waals surface area contributed by atoms with Crippen molar-refractivity contribution in [1.82, 2.24) is 9.55 Å². The number of aryl methyl sites for hydroxylation is 2. The Morgan fingerprint density at radius 2 is 1.68 bits per heavy atom. The third kappa shape index (κ3) is 3.38. The van der Waals surface area contributed by atoms with E-state index in [-0.39, 0.29) is 0 Å². The smallest absolute Gasteiger partial charge is 0.110 e. The van der Waals surface area contributed by atoms with Gasteiger partial charge >= 0.3 is 0 Å². The van der Waals surface area contributed by atoms with Crippen LogP contribution in [0.3, 0.4) is 0 Å². The van der Waals surface area contributed by atoms with Gasteiger partial charge in [-0.15, -0.1) is 0 Å². The monoisotopic (exact) mass is 292 g/mol. The third-order valence-corrected chi connectivity index (χ3v) is 4.01. The summed E-state index contributed by atoms with van der Waals surface area (Å²) in [4.78, 5) is 4.84. The fraction of sp³-hybridized carbons (Fsp3) is 0.350. The standard InChI is InChI=1S/C20H24N2/c1-16(2)15-20-21-18-12-6-7-13-19(18)22(20)14-8-11-17-9-4-3-5-10-17/h3-7,9-10,12-13,16H,8,11,14-15H2,1-2H3. The normalized spacial score (nSPS) is 11.4. The number of aromatic nitrogens is 2. The lowest BCUT2D eigenvalue weighted by Gasteiger charge is -2.11. The van der Waals surface area contributed by atoms with Gasteiger partial charge in [0.05, 0.1) is 11.0 Å². The molecule has 0 bridgehead atoms. The maximum absolute atomic E-state index is 4.84. The molecule has 2 aromatic carbocycles. The van der Waals surface area contributed by atoms with E-state index in [9.17, 15) is 0 Å². The molecule has 3 rings (SSSR count). The Morgan fingerprint density at radius 1 is 0.955 bits per heavy atom. The lowest BCUT2D eigenvalue weighted by atomic mass is 10.1. The molecule has 3 aromatic rings. The number of nitrogens with zero attached hydrogens (tertiary/aromatic N) is 2. The van der Waals surface area contributed by atoms with E-state index >= 15 is 0 Å². The minimum Gasteiger partial charge on any atom is -0.328 e. The molecule has 0 saturated heterocycles. The molecule has 1 aromatic heterocycles. The predicted octanol–water partition coefficient (Wildman–Crippen LogP) is 4.87. The largest absolute Gasteiger partial charge is 0.328 e. The Bertz CT molecular complexity index is 726. The van der Waals surface area contributed by atoms with Crippen molar-refractivity contribution in [3.63, 3.8) is 0 Å². The van der Waals surface area contributed by atoms with Gasteiger partial charge < -0.3 is 4.57 Å². The van der Waals surface area contributed by atoms with Gasteiger partial charge in [-0.25, -0.2) is 4.98 Å². The molecule has 2 heteroatoms. The van der Waals surface area contributed by atoms with Crippen molar-refractivity contribution in [1.29, 1.82) is 0 Å². The zero-order valence-corrected chi connectivity index (χ0v) is 13.5. The fourth-order valence-corrected chi connectivity index (χ4v) is 2.98. The Hall–Kier alpha value is -2.09. The molecule has 0 aliphatic rings. The Morgan fingerprint density at radius 3 is 2.45 bits per heavy atom. The van der Waals surface area contributed by atoms with Crippen LogP contribution in [0.2, 0.25) is 0 Å². The van der Waals surface area contributed by atoms with Crippen LogP contribution < -0.4 is 0 Å². The Balaban J connectivity index is 1.79. The van der Waals surface area contributed by atoms with E-state index in [0.717, 1.165) is 31.3 Å². The lowest BCUT2D eigenvalue weighted by molar-refractivity contribution is 0.565. The van der Waals surface area contributed by atoms with Crippen LogP contribution >= 0.6 is 0 Å². The molecular formula is C20H24N2. The van der Waals surface area contributed by atoms with Gasteiger partial charge in [-0.3, -0.25) is 0 Å². The molecule has 0 spiro atoms. The van der Waals surface area contributed by atoms with Crippen LogP contribution in [0.5, 0.6) is 0 Å². The van der Waals surface area contributed by atoms with Crippen molar-refractivity contribution in [2.45, 2.75) is 39.7 Å². The first-order chi connectivity index (χ1) is 10.7. The molecule has 0 saturated carbocycles. The van der Waals surface area contributed by atoms with Crippen LogP contribution in [0.4, 0.5) is 0 Å². The Kier molecular flexibility index (Phi) is 4.57. The van der Waals surface area contributed by atoms with Crippen molar-refractivity contribution in [3.8, 4) is 0 Å². The van der Waals surface area contributed by atoms with E-state index in [2.05, 4.69) is 73.0 Å². The van der Waals surface area contributed by atoms with Crippen LogP contribution in [0.1, 0.15) is 31.7 Å². The summed E-state index contributed by atoms with van der Waals surface area (Å²) in [5.41, 5.74) is 3.81. The van der Waals surface area contributed by atoms with Crippen LogP contribution in [0.15, 0.2) is 54.6 Å². The molecule has 0 radical (unpaired) electrons. The molecule has 1 heterocycles. The minimum absolute atomic E-state index is 0.629. The highest BCUT2D eigenvalue weighted by Crippen LogP contribution is 2.19. The molecular weight excluding hydrogens is 268 g/mol.